The molecule has 5 nitrogen and oxygen atoms in total. The lowest BCUT2D eigenvalue weighted by Gasteiger charge is -2.09. The first-order valence-electron chi connectivity index (χ1n) is 7.42. The van der Waals surface area contributed by atoms with E-state index in [1.54, 1.807) is 13.0 Å². The molecule has 1 amide bonds. The molecule has 134 valence electrons. The summed E-state index contributed by atoms with van der Waals surface area (Å²) in [4.78, 5) is 12.3. The maximum absolute atomic E-state index is 13.3. The van der Waals surface area contributed by atoms with Crippen molar-refractivity contribution in [3.05, 3.63) is 71.3 Å². The number of nitrogens with one attached hydrogen (secondary N) is 1. The van der Waals surface area contributed by atoms with Crippen molar-refractivity contribution in [2.45, 2.75) is 13.1 Å². The van der Waals surface area contributed by atoms with E-state index in [9.17, 15) is 22.4 Å². The van der Waals surface area contributed by atoms with Crippen LogP contribution in [0.4, 0.5) is 23.2 Å². The topological polar surface area (TPSA) is 59.8 Å². The number of hydrogen-bond acceptors (Lipinski definition) is 3. The van der Waals surface area contributed by atoms with Gasteiger partial charge in [-0.25, -0.2) is 9.07 Å². The van der Waals surface area contributed by atoms with E-state index in [-0.39, 0.29) is 11.4 Å². The van der Waals surface area contributed by atoms with Crippen LogP contribution in [0.5, 0.6) is 0 Å². The minimum absolute atomic E-state index is 0.0236. The molecule has 2 aromatic carbocycles. The van der Waals surface area contributed by atoms with Gasteiger partial charge in [0.15, 0.2) is 5.69 Å². The van der Waals surface area contributed by atoms with E-state index in [1.807, 2.05) is 0 Å². The number of nitrogens with zero attached hydrogens (tertiary/aromatic N) is 3. The number of carbonyl (C=O) groups is 1. The smallest absolute Gasteiger partial charge is 0.321 e. The molecule has 1 N–H and O–H groups in total. The first kappa shape index (κ1) is 17.6. The Kier molecular flexibility index (Phi) is 4.45. The van der Waals surface area contributed by atoms with Crippen molar-refractivity contribution < 1.29 is 22.4 Å². The van der Waals surface area contributed by atoms with E-state index >= 15 is 0 Å². The van der Waals surface area contributed by atoms with Crippen LogP contribution in [0.2, 0.25) is 0 Å². The van der Waals surface area contributed by atoms with Gasteiger partial charge in [-0.1, -0.05) is 17.3 Å². The van der Waals surface area contributed by atoms with Crippen LogP contribution in [0.1, 0.15) is 21.7 Å². The van der Waals surface area contributed by atoms with Gasteiger partial charge in [-0.15, -0.1) is 5.10 Å². The summed E-state index contributed by atoms with van der Waals surface area (Å²) in [6.45, 7) is 1.55. The molecule has 3 aromatic rings. The van der Waals surface area contributed by atoms with Gasteiger partial charge in [-0.3, -0.25) is 4.79 Å². The van der Waals surface area contributed by atoms with Gasteiger partial charge in [0.05, 0.1) is 16.9 Å². The van der Waals surface area contributed by atoms with Gasteiger partial charge in [-0.2, -0.15) is 13.2 Å². The van der Waals surface area contributed by atoms with Crippen molar-refractivity contribution in [2.24, 2.45) is 0 Å². The standard InChI is InChI=1S/C17H12F4N4O/c1-10-15(23-24-25(10)14-7-3-5-12(18)9-14)16(26)22-13-6-2-4-11(8-13)17(19,20)21/h2-9H,1H3,(H,22,26). The molecular formula is C17H12F4N4O. The molecule has 26 heavy (non-hydrogen) atoms. The van der Waals surface area contributed by atoms with Crippen molar-refractivity contribution in [3.63, 3.8) is 0 Å². The highest BCUT2D eigenvalue weighted by Crippen LogP contribution is 2.30. The molecule has 0 atom stereocenters. The summed E-state index contributed by atoms with van der Waals surface area (Å²) in [6.07, 6.45) is -4.52. The van der Waals surface area contributed by atoms with Crippen molar-refractivity contribution in [1.82, 2.24) is 15.0 Å². The Bertz CT molecular complexity index is 965. The van der Waals surface area contributed by atoms with Crippen molar-refractivity contribution in [3.8, 4) is 5.69 Å². The van der Waals surface area contributed by atoms with Crippen molar-refractivity contribution >= 4 is 11.6 Å². The Hall–Kier alpha value is -3.23. The molecule has 9 heteroatoms. The van der Waals surface area contributed by atoms with E-state index in [1.165, 1.54) is 35.0 Å². The number of carbonyl (C=O) groups excluding carboxylic acids is 1. The first-order valence-corrected chi connectivity index (χ1v) is 7.42. The third-order valence-electron chi connectivity index (χ3n) is 3.61. The van der Waals surface area contributed by atoms with Crippen LogP contribution in [-0.4, -0.2) is 20.9 Å². The Morgan fingerprint density at radius 3 is 2.54 bits per heavy atom. The Labute approximate surface area is 145 Å². The van der Waals surface area contributed by atoms with Crippen LogP contribution >= 0.6 is 0 Å². The predicted molar refractivity (Wildman–Crippen MR) is 85.5 cm³/mol. The van der Waals surface area contributed by atoms with Crippen LogP contribution in [0.15, 0.2) is 48.5 Å². The lowest BCUT2D eigenvalue weighted by molar-refractivity contribution is -0.137. The largest absolute Gasteiger partial charge is 0.416 e. The Morgan fingerprint density at radius 1 is 1.12 bits per heavy atom. The van der Waals surface area contributed by atoms with Crippen LogP contribution in [0.25, 0.3) is 5.69 Å². The van der Waals surface area contributed by atoms with Gasteiger partial charge in [0, 0.05) is 5.69 Å². The predicted octanol–water partition coefficient (Wildman–Crippen LogP) is 3.99. The van der Waals surface area contributed by atoms with Gasteiger partial charge in [0.1, 0.15) is 5.82 Å². The molecule has 0 saturated heterocycles. The van der Waals surface area contributed by atoms with Crippen molar-refractivity contribution in [1.29, 1.82) is 0 Å². The molecule has 1 heterocycles. The molecule has 0 bridgehead atoms. The monoisotopic (exact) mass is 364 g/mol. The van der Waals surface area contributed by atoms with Crippen molar-refractivity contribution in [2.75, 3.05) is 5.32 Å². The maximum atomic E-state index is 13.3. The fraction of sp³-hybridized carbons (Fsp3) is 0.118. The highest BCUT2D eigenvalue weighted by atomic mass is 19.4. The normalized spacial score (nSPS) is 11.4. The average Bonchev–Trinajstić information content (AvgIpc) is 2.96. The number of hydrogen-bond donors (Lipinski definition) is 1. The van der Waals surface area contributed by atoms with Crippen LogP contribution in [0, 0.1) is 12.7 Å². The lowest BCUT2D eigenvalue weighted by Crippen LogP contribution is -2.15. The van der Waals surface area contributed by atoms with E-state index in [2.05, 4.69) is 15.6 Å². The van der Waals surface area contributed by atoms with Gasteiger partial charge in [0.2, 0.25) is 0 Å². The highest BCUT2D eigenvalue weighted by molar-refractivity contribution is 6.03. The number of alkyl halides is 3. The summed E-state index contributed by atoms with van der Waals surface area (Å²) in [5.74, 6) is -1.20. The summed E-state index contributed by atoms with van der Waals surface area (Å²) in [5, 5.41) is 9.91. The minimum Gasteiger partial charge on any atom is -0.321 e. The number of anilines is 1. The quantitative estimate of drug-likeness (QED) is 0.715. The number of aromatic nitrogens is 3. The fourth-order valence-corrected chi connectivity index (χ4v) is 2.36. The van der Waals surface area contributed by atoms with E-state index in [0.717, 1.165) is 12.1 Å². The zero-order valence-corrected chi connectivity index (χ0v) is 13.4. The van der Waals surface area contributed by atoms with Crippen LogP contribution in [-0.2, 0) is 6.18 Å². The number of benzene rings is 2. The summed E-state index contributed by atoms with van der Waals surface area (Å²) >= 11 is 0. The zero-order chi connectivity index (χ0) is 18.9. The Balaban J connectivity index is 1.86. The third kappa shape index (κ3) is 3.56. The van der Waals surface area contributed by atoms with E-state index in [0.29, 0.717) is 11.4 Å². The lowest BCUT2D eigenvalue weighted by atomic mass is 10.2. The second-order valence-electron chi connectivity index (χ2n) is 5.45. The minimum atomic E-state index is -4.52. The molecule has 1 aromatic heterocycles. The molecule has 0 aliphatic rings. The molecule has 0 aliphatic carbocycles. The third-order valence-corrected chi connectivity index (χ3v) is 3.61. The summed E-state index contributed by atoms with van der Waals surface area (Å²) in [7, 11) is 0. The zero-order valence-electron chi connectivity index (χ0n) is 13.4. The molecule has 3 rings (SSSR count). The maximum Gasteiger partial charge on any atom is 0.416 e. The molecular weight excluding hydrogens is 352 g/mol. The molecule has 0 spiro atoms. The number of rotatable bonds is 3. The summed E-state index contributed by atoms with van der Waals surface area (Å²) in [5.41, 5.74) is -0.292. The number of amides is 1. The average molecular weight is 364 g/mol. The van der Waals surface area contributed by atoms with Crippen LogP contribution in [0.3, 0.4) is 0 Å². The van der Waals surface area contributed by atoms with Crippen LogP contribution < -0.4 is 5.32 Å². The Morgan fingerprint density at radius 2 is 1.85 bits per heavy atom. The molecule has 0 aliphatic heterocycles. The van der Waals surface area contributed by atoms with Gasteiger partial charge < -0.3 is 5.32 Å². The van der Waals surface area contributed by atoms with Gasteiger partial charge >= 0.3 is 6.18 Å². The second-order valence-corrected chi connectivity index (χ2v) is 5.45. The highest BCUT2D eigenvalue weighted by Gasteiger charge is 2.30. The number of halogens is 4. The first-order chi connectivity index (χ1) is 12.3. The fourth-order valence-electron chi connectivity index (χ4n) is 2.36. The molecule has 0 saturated carbocycles. The van der Waals surface area contributed by atoms with Gasteiger partial charge in [-0.05, 0) is 43.3 Å². The summed E-state index contributed by atoms with van der Waals surface area (Å²) in [6, 6.07) is 9.79. The molecule has 0 radical (unpaired) electrons. The summed E-state index contributed by atoms with van der Waals surface area (Å²) < 4.78 is 52.8. The molecule has 0 fully saturated rings. The SMILES string of the molecule is Cc1c(C(=O)Nc2cccc(C(F)(F)F)c2)nnn1-c1cccc(F)c1. The van der Waals surface area contributed by atoms with Gasteiger partial charge in [0.25, 0.3) is 5.91 Å². The van der Waals surface area contributed by atoms with E-state index in [4.69, 9.17) is 0 Å². The van der Waals surface area contributed by atoms with E-state index < -0.39 is 23.5 Å². The second kappa shape index (κ2) is 6.58. The molecule has 0 unspecified atom stereocenters.